The van der Waals surface area contributed by atoms with Gasteiger partial charge in [-0.3, -0.25) is 4.79 Å². The van der Waals surface area contributed by atoms with Gasteiger partial charge in [0, 0.05) is 12.6 Å². The lowest BCUT2D eigenvalue weighted by molar-refractivity contribution is 0.0939. The van der Waals surface area contributed by atoms with Crippen LogP contribution in [0.4, 0.5) is 0 Å². The molecule has 1 fully saturated rings. The van der Waals surface area contributed by atoms with E-state index in [1.807, 2.05) is 0 Å². The molecule has 1 aliphatic rings. The molecule has 15 heavy (non-hydrogen) atoms. The first-order chi connectivity index (χ1) is 7.36. The molecular weight excluding hydrogens is 212 g/mol. The average Bonchev–Trinajstić information content (AvgIpc) is 2.65. The Bertz CT molecular complexity index is 306. The number of aromatic nitrogens is 2. The summed E-state index contributed by atoms with van der Waals surface area (Å²) in [5.41, 5.74) is 0. The minimum Gasteiger partial charge on any atom is -0.347 e. The molecule has 0 spiro atoms. The van der Waals surface area contributed by atoms with Crippen molar-refractivity contribution in [1.29, 1.82) is 0 Å². The van der Waals surface area contributed by atoms with Crippen LogP contribution in [0.3, 0.4) is 0 Å². The molecule has 82 valence electrons. The fraction of sp³-hybridized carbons (Fsp3) is 0.667. The van der Waals surface area contributed by atoms with E-state index in [0.717, 1.165) is 31.0 Å². The standard InChI is InChI=1S/C9H14N4OS/c14-9(8-6-11-13-15-8)12-7-3-1-2-4-10-5-7/h6-7,10H,1-5H2,(H,12,14). The van der Waals surface area contributed by atoms with Crippen LogP contribution in [-0.2, 0) is 0 Å². The third-order valence-corrected chi connectivity index (χ3v) is 3.13. The maximum Gasteiger partial charge on any atom is 0.264 e. The van der Waals surface area contributed by atoms with E-state index in [1.165, 1.54) is 19.0 Å². The second-order valence-corrected chi connectivity index (χ2v) is 4.44. The van der Waals surface area contributed by atoms with Gasteiger partial charge in [-0.05, 0) is 30.9 Å². The molecule has 1 amide bonds. The Kier molecular flexibility index (Phi) is 3.63. The van der Waals surface area contributed by atoms with Crippen molar-refractivity contribution in [1.82, 2.24) is 20.2 Å². The zero-order valence-corrected chi connectivity index (χ0v) is 9.22. The van der Waals surface area contributed by atoms with Crippen molar-refractivity contribution in [3.05, 3.63) is 11.1 Å². The Balaban J connectivity index is 1.87. The summed E-state index contributed by atoms with van der Waals surface area (Å²) in [6, 6.07) is 0.238. The van der Waals surface area contributed by atoms with E-state index < -0.39 is 0 Å². The summed E-state index contributed by atoms with van der Waals surface area (Å²) in [7, 11) is 0. The number of nitrogens with one attached hydrogen (secondary N) is 2. The molecular formula is C9H14N4OS. The molecule has 1 aromatic heterocycles. The number of rotatable bonds is 2. The predicted octanol–water partition coefficient (Wildman–Crippen LogP) is 0.410. The summed E-state index contributed by atoms with van der Waals surface area (Å²) in [6.45, 7) is 1.91. The van der Waals surface area contributed by atoms with Crippen LogP contribution in [0.25, 0.3) is 0 Å². The lowest BCUT2D eigenvalue weighted by Crippen LogP contribution is -2.40. The number of carbonyl (C=O) groups excluding carboxylic acids is 1. The van der Waals surface area contributed by atoms with Gasteiger partial charge in [-0.1, -0.05) is 10.9 Å². The molecule has 6 heteroatoms. The van der Waals surface area contributed by atoms with Crippen molar-refractivity contribution in [2.24, 2.45) is 0 Å². The highest BCUT2D eigenvalue weighted by Gasteiger charge is 2.16. The number of hydrogen-bond acceptors (Lipinski definition) is 5. The molecule has 0 bridgehead atoms. The van der Waals surface area contributed by atoms with Crippen molar-refractivity contribution < 1.29 is 4.79 Å². The van der Waals surface area contributed by atoms with E-state index >= 15 is 0 Å². The third kappa shape index (κ3) is 2.97. The predicted molar refractivity (Wildman–Crippen MR) is 57.9 cm³/mol. The fourth-order valence-corrected chi connectivity index (χ4v) is 2.08. The summed E-state index contributed by atoms with van der Waals surface area (Å²) < 4.78 is 3.67. The Labute approximate surface area is 92.4 Å². The van der Waals surface area contributed by atoms with Crippen LogP contribution in [-0.4, -0.2) is 34.6 Å². The first-order valence-corrected chi connectivity index (χ1v) is 5.92. The largest absolute Gasteiger partial charge is 0.347 e. The topological polar surface area (TPSA) is 66.9 Å². The molecule has 1 aliphatic heterocycles. The molecule has 0 saturated carbocycles. The van der Waals surface area contributed by atoms with E-state index in [0.29, 0.717) is 4.88 Å². The van der Waals surface area contributed by atoms with Crippen molar-refractivity contribution in [3.63, 3.8) is 0 Å². The quantitative estimate of drug-likeness (QED) is 0.766. The van der Waals surface area contributed by atoms with Gasteiger partial charge < -0.3 is 10.6 Å². The maximum atomic E-state index is 11.7. The van der Waals surface area contributed by atoms with E-state index in [-0.39, 0.29) is 11.9 Å². The lowest BCUT2D eigenvalue weighted by atomic mass is 10.1. The highest BCUT2D eigenvalue weighted by molar-refractivity contribution is 7.07. The normalized spacial score (nSPS) is 22.0. The molecule has 0 radical (unpaired) electrons. The average molecular weight is 226 g/mol. The van der Waals surface area contributed by atoms with Crippen molar-refractivity contribution >= 4 is 17.4 Å². The molecule has 1 saturated heterocycles. The summed E-state index contributed by atoms with van der Waals surface area (Å²) >= 11 is 1.13. The summed E-state index contributed by atoms with van der Waals surface area (Å²) in [6.07, 6.45) is 4.91. The number of hydrogen-bond donors (Lipinski definition) is 2. The molecule has 0 aromatic carbocycles. The highest BCUT2D eigenvalue weighted by Crippen LogP contribution is 2.07. The first kappa shape index (κ1) is 10.5. The van der Waals surface area contributed by atoms with Gasteiger partial charge in [0.1, 0.15) is 4.88 Å². The second kappa shape index (κ2) is 5.18. The first-order valence-electron chi connectivity index (χ1n) is 5.15. The van der Waals surface area contributed by atoms with E-state index in [2.05, 4.69) is 20.2 Å². The Hall–Kier alpha value is -1.01. The molecule has 1 unspecified atom stereocenters. The number of carbonyl (C=O) groups is 1. The van der Waals surface area contributed by atoms with Crippen molar-refractivity contribution in [3.8, 4) is 0 Å². The highest BCUT2D eigenvalue weighted by atomic mass is 32.1. The second-order valence-electron chi connectivity index (χ2n) is 3.65. The van der Waals surface area contributed by atoms with Gasteiger partial charge in [0.2, 0.25) is 0 Å². The van der Waals surface area contributed by atoms with Gasteiger partial charge in [-0.15, -0.1) is 5.10 Å². The summed E-state index contributed by atoms with van der Waals surface area (Å²) in [5.74, 6) is -0.0568. The Morgan fingerprint density at radius 2 is 2.53 bits per heavy atom. The molecule has 2 N–H and O–H groups in total. The van der Waals surface area contributed by atoms with Gasteiger partial charge in [-0.25, -0.2) is 0 Å². The molecule has 0 aliphatic carbocycles. The minimum absolute atomic E-state index is 0.0568. The summed E-state index contributed by atoms with van der Waals surface area (Å²) in [4.78, 5) is 12.3. The van der Waals surface area contributed by atoms with Crippen molar-refractivity contribution in [2.45, 2.75) is 25.3 Å². The van der Waals surface area contributed by atoms with Crippen LogP contribution in [0.1, 0.15) is 28.9 Å². The summed E-state index contributed by atoms with van der Waals surface area (Å²) in [5, 5.41) is 9.94. The van der Waals surface area contributed by atoms with Crippen LogP contribution in [0, 0.1) is 0 Å². The molecule has 1 atom stereocenters. The fourth-order valence-electron chi connectivity index (χ4n) is 1.67. The molecule has 2 heterocycles. The Morgan fingerprint density at radius 3 is 3.33 bits per heavy atom. The number of nitrogens with zero attached hydrogens (tertiary/aromatic N) is 2. The molecule has 2 rings (SSSR count). The zero-order valence-electron chi connectivity index (χ0n) is 8.40. The van der Waals surface area contributed by atoms with Crippen LogP contribution < -0.4 is 10.6 Å². The molecule has 5 nitrogen and oxygen atoms in total. The van der Waals surface area contributed by atoms with Gasteiger partial charge >= 0.3 is 0 Å². The number of amides is 1. The van der Waals surface area contributed by atoms with Gasteiger partial charge in [0.25, 0.3) is 5.91 Å². The smallest absolute Gasteiger partial charge is 0.264 e. The van der Waals surface area contributed by atoms with Crippen LogP contribution in [0.5, 0.6) is 0 Å². The van der Waals surface area contributed by atoms with E-state index in [1.54, 1.807) is 0 Å². The van der Waals surface area contributed by atoms with Crippen LogP contribution in [0.15, 0.2) is 6.20 Å². The Morgan fingerprint density at radius 1 is 1.60 bits per heavy atom. The van der Waals surface area contributed by atoms with Crippen LogP contribution >= 0.6 is 11.5 Å². The third-order valence-electron chi connectivity index (χ3n) is 2.47. The van der Waals surface area contributed by atoms with E-state index in [9.17, 15) is 4.79 Å². The van der Waals surface area contributed by atoms with E-state index in [4.69, 9.17) is 0 Å². The monoisotopic (exact) mass is 226 g/mol. The lowest BCUT2D eigenvalue weighted by Gasteiger charge is -2.15. The van der Waals surface area contributed by atoms with Gasteiger partial charge in [0.15, 0.2) is 0 Å². The van der Waals surface area contributed by atoms with Crippen LogP contribution in [0.2, 0.25) is 0 Å². The maximum absolute atomic E-state index is 11.7. The molecule has 1 aromatic rings. The van der Waals surface area contributed by atoms with Crippen molar-refractivity contribution in [2.75, 3.05) is 13.1 Å². The minimum atomic E-state index is -0.0568. The van der Waals surface area contributed by atoms with Gasteiger partial charge in [-0.2, -0.15) is 0 Å². The SMILES string of the molecule is O=C(NC1CCCCNC1)c1cnns1. The zero-order chi connectivity index (χ0) is 10.5. The van der Waals surface area contributed by atoms with Gasteiger partial charge in [0.05, 0.1) is 6.20 Å².